The SMILES string of the molecule is CCCCCCCCCCCCCCCCOCC(COCCCCCC[N+]1(C)CCC(O)CC1)OCC. The van der Waals surface area contributed by atoms with E-state index >= 15 is 0 Å². The third-order valence-electron chi connectivity index (χ3n) is 8.39. The van der Waals surface area contributed by atoms with Crippen molar-refractivity contribution in [1.29, 1.82) is 0 Å². The van der Waals surface area contributed by atoms with Gasteiger partial charge < -0.3 is 23.8 Å². The van der Waals surface area contributed by atoms with Gasteiger partial charge in [0, 0.05) is 32.7 Å². The second-order valence-corrected chi connectivity index (χ2v) is 12.3. The summed E-state index contributed by atoms with van der Waals surface area (Å²) in [6.07, 6.45) is 26.3. The molecule has 38 heavy (non-hydrogen) atoms. The maximum atomic E-state index is 9.72. The van der Waals surface area contributed by atoms with Crippen molar-refractivity contribution in [2.24, 2.45) is 0 Å². The highest BCUT2D eigenvalue weighted by molar-refractivity contribution is 4.62. The Labute approximate surface area is 238 Å². The van der Waals surface area contributed by atoms with Crippen molar-refractivity contribution in [2.75, 3.05) is 59.7 Å². The average Bonchev–Trinajstić information content (AvgIpc) is 2.91. The minimum atomic E-state index is -0.0617. The van der Waals surface area contributed by atoms with Crippen molar-refractivity contribution in [1.82, 2.24) is 0 Å². The molecule has 0 spiro atoms. The molecule has 1 aliphatic rings. The number of likely N-dealkylation sites (tertiary alicyclic amines) is 1. The molecule has 0 radical (unpaired) electrons. The third-order valence-corrected chi connectivity index (χ3v) is 8.39. The van der Waals surface area contributed by atoms with E-state index in [1.54, 1.807) is 0 Å². The molecule has 1 unspecified atom stereocenters. The number of quaternary nitrogens is 1. The molecule has 0 aromatic heterocycles. The van der Waals surface area contributed by atoms with Crippen molar-refractivity contribution in [2.45, 2.75) is 154 Å². The second-order valence-electron chi connectivity index (χ2n) is 12.3. The highest BCUT2D eigenvalue weighted by atomic mass is 16.6. The number of nitrogens with zero attached hydrogens (tertiary/aromatic N) is 1. The molecule has 0 saturated carbocycles. The van der Waals surface area contributed by atoms with E-state index in [9.17, 15) is 5.11 Å². The van der Waals surface area contributed by atoms with Crippen molar-refractivity contribution in [3.63, 3.8) is 0 Å². The molecule has 0 aromatic carbocycles. The van der Waals surface area contributed by atoms with E-state index in [0.717, 1.165) is 56.5 Å². The monoisotopic (exact) mass is 543 g/mol. The lowest BCUT2D eigenvalue weighted by atomic mass is 10.0. The summed E-state index contributed by atoms with van der Waals surface area (Å²) in [6, 6.07) is 0. The van der Waals surface area contributed by atoms with E-state index in [2.05, 4.69) is 14.0 Å². The Hall–Kier alpha value is -0.200. The van der Waals surface area contributed by atoms with E-state index in [1.165, 1.54) is 109 Å². The first-order valence-corrected chi connectivity index (χ1v) is 16.9. The molecule has 0 amide bonds. The largest absolute Gasteiger partial charge is 0.393 e. The molecule has 0 aliphatic carbocycles. The van der Waals surface area contributed by atoms with E-state index in [-0.39, 0.29) is 12.2 Å². The summed E-state index contributed by atoms with van der Waals surface area (Å²) in [5, 5.41) is 9.72. The van der Waals surface area contributed by atoms with Crippen molar-refractivity contribution in [3.8, 4) is 0 Å². The van der Waals surface area contributed by atoms with E-state index in [0.29, 0.717) is 19.8 Å². The molecule has 1 rings (SSSR count). The van der Waals surface area contributed by atoms with Crippen LogP contribution in [-0.4, -0.2) is 81.5 Å². The van der Waals surface area contributed by atoms with Crippen LogP contribution in [0.3, 0.4) is 0 Å². The highest BCUT2D eigenvalue weighted by Gasteiger charge is 2.28. The number of aliphatic hydroxyl groups is 1. The Morgan fingerprint density at radius 2 is 1.05 bits per heavy atom. The Morgan fingerprint density at radius 3 is 1.50 bits per heavy atom. The maximum Gasteiger partial charge on any atom is 0.104 e. The minimum Gasteiger partial charge on any atom is -0.393 e. The molecule has 5 heteroatoms. The normalized spacial score (nSPS) is 20.7. The van der Waals surface area contributed by atoms with Gasteiger partial charge in [-0.15, -0.1) is 0 Å². The van der Waals surface area contributed by atoms with Crippen LogP contribution in [0.5, 0.6) is 0 Å². The van der Waals surface area contributed by atoms with Gasteiger partial charge >= 0.3 is 0 Å². The van der Waals surface area contributed by atoms with Gasteiger partial charge in [-0.25, -0.2) is 0 Å². The molecular weight excluding hydrogens is 474 g/mol. The summed E-state index contributed by atoms with van der Waals surface area (Å²) in [6.45, 7) is 11.5. The fraction of sp³-hybridized carbons (Fsp3) is 1.00. The van der Waals surface area contributed by atoms with Crippen LogP contribution in [0.1, 0.15) is 142 Å². The fourth-order valence-corrected chi connectivity index (χ4v) is 5.66. The van der Waals surface area contributed by atoms with E-state index < -0.39 is 0 Å². The predicted octanol–water partition coefficient (Wildman–Crippen LogP) is 8.07. The first-order valence-electron chi connectivity index (χ1n) is 16.9. The highest BCUT2D eigenvalue weighted by Crippen LogP contribution is 2.18. The van der Waals surface area contributed by atoms with Gasteiger partial charge in [0.25, 0.3) is 0 Å². The molecule has 1 aliphatic heterocycles. The molecule has 1 heterocycles. The van der Waals surface area contributed by atoms with Crippen LogP contribution >= 0.6 is 0 Å². The summed E-state index contributed by atoms with van der Waals surface area (Å²) < 4.78 is 18.8. The Morgan fingerprint density at radius 1 is 0.632 bits per heavy atom. The minimum absolute atomic E-state index is 0.0607. The average molecular weight is 543 g/mol. The molecule has 1 N–H and O–H groups in total. The lowest BCUT2D eigenvalue weighted by Crippen LogP contribution is -2.51. The summed E-state index contributed by atoms with van der Waals surface area (Å²) in [5.74, 6) is 0. The van der Waals surface area contributed by atoms with Crippen molar-refractivity contribution in [3.05, 3.63) is 0 Å². The first-order chi connectivity index (χ1) is 18.6. The summed E-state index contributed by atoms with van der Waals surface area (Å²) in [7, 11) is 2.35. The fourth-order valence-electron chi connectivity index (χ4n) is 5.66. The summed E-state index contributed by atoms with van der Waals surface area (Å²) in [5.41, 5.74) is 0. The topological polar surface area (TPSA) is 47.9 Å². The van der Waals surface area contributed by atoms with Crippen LogP contribution in [0.4, 0.5) is 0 Å². The first kappa shape index (κ1) is 35.8. The molecule has 1 atom stereocenters. The number of hydrogen-bond donors (Lipinski definition) is 1. The van der Waals surface area contributed by atoms with Crippen LogP contribution in [0.15, 0.2) is 0 Å². The number of hydrogen-bond acceptors (Lipinski definition) is 4. The standard InChI is InChI=1S/C33H68NO4/c1-4-6-7-8-9-10-11-12-13-14-15-16-18-21-28-36-30-33(38-5-2)31-37-29-22-19-17-20-25-34(3)26-23-32(35)24-27-34/h32-33,35H,4-31H2,1-3H3/q+1. The van der Waals surface area contributed by atoms with Gasteiger partial charge in [-0.05, 0) is 32.6 Å². The third kappa shape index (κ3) is 21.6. The zero-order valence-corrected chi connectivity index (χ0v) is 26.1. The Kier molecular flexibility index (Phi) is 24.3. The van der Waals surface area contributed by atoms with Crippen molar-refractivity contribution >= 4 is 0 Å². The van der Waals surface area contributed by atoms with Gasteiger partial charge in [-0.2, -0.15) is 0 Å². The van der Waals surface area contributed by atoms with Crippen LogP contribution in [-0.2, 0) is 14.2 Å². The van der Waals surface area contributed by atoms with Gasteiger partial charge in [-0.3, -0.25) is 0 Å². The molecule has 0 bridgehead atoms. The summed E-state index contributed by atoms with van der Waals surface area (Å²) in [4.78, 5) is 0. The summed E-state index contributed by atoms with van der Waals surface area (Å²) >= 11 is 0. The van der Waals surface area contributed by atoms with Gasteiger partial charge in [0.2, 0.25) is 0 Å². The van der Waals surface area contributed by atoms with Crippen LogP contribution in [0.2, 0.25) is 0 Å². The Balaban J connectivity index is 1.85. The lowest BCUT2D eigenvalue weighted by Gasteiger charge is -2.39. The van der Waals surface area contributed by atoms with E-state index in [1.807, 2.05) is 6.92 Å². The number of rotatable bonds is 28. The van der Waals surface area contributed by atoms with Crippen LogP contribution < -0.4 is 0 Å². The molecule has 228 valence electrons. The maximum absolute atomic E-state index is 9.72. The smallest absolute Gasteiger partial charge is 0.104 e. The van der Waals surface area contributed by atoms with Crippen molar-refractivity contribution < 1.29 is 23.8 Å². The quantitative estimate of drug-likeness (QED) is 0.0802. The van der Waals surface area contributed by atoms with Crippen LogP contribution in [0.25, 0.3) is 0 Å². The van der Waals surface area contributed by atoms with Gasteiger partial charge in [0.05, 0.1) is 46.0 Å². The lowest BCUT2D eigenvalue weighted by molar-refractivity contribution is -0.915. The Bertz CT molecular complexity index is 482. The molecule has 1 saturated heterocycles. The van der Waals surface area contributed by atoms with Gasteiger partial charge in [0.1, 0.15) is 6.10 Å². The zero-order valence-electron chi connectivity index (χ0n) is 26.1. The zero-order chi connectivity index (χ0) is 27.6. The molecule has 0 aromatic rings. The molecule has 5 nitrogen and oxygen atoms in total. The predicted molar refractivity (Wildman–Crippen MR) is 162 cm³/mol. The van der Waals surface area contributed by atoms with Crippen LogP contribution in [0, 0.1) is 0 Å². The van der Waals surface area contributed by atoms with Gasteiger partial charge in [-0.1, -0.05) is 96.8 Å². The van der Waals surface area contributed by atoms with E-state index in [4.69, 9.17) is 14.2 Å². The number of piperidine rings is 1. The molecule has 1 fully saturated rings. The van der Waals surface area contributed by atoms with Gasteiger partial charge in [0.15, 0.2) is 0 Å². The number of aliphatic hydroxyl groups excluding tert-OH is 1. The number of ether oxygens (including phenoxy) is 3. The second kappa shape index (κ2) is 25.7. The molecular formula is C33H68NO4+. The number of unbranched alkanes of at least 4 members (excludes halogenated alkanes) is 16.